The Labute approximate surface area is 295 Å². The fraction of sp³-hybridized carbons (Fsp3) is 0.0833. The summed E-state index contributed by atoms with van der Waals surface area (Å²) in [5.74, 6) is 0. The molecule has 0 saturated carbocycles. The number of nitrogens with zero attached hydrogens (tertiary/aromatic N) is 2. The van der Waals surface area contributed by atoms with Gasteiger partial charge in [0.25, 0.3) is 0 Å². The Morgan fingerprint density at radius 3 is 1.68 bits per heavy atom. The number of fused-ring (bicyclic) bond motifs is 6. The highest BCUT2D eigenvalue weighted by molar-refractivity contribution is 6.16. The van der Waals surface area contributed by atoms with E-state index in [1.165, 1.54) is 66.6 Å². The third kappa shape index (κ3) is 5.12. The van der Waals surface area contributed by atoms with Crippen molar-refractivity contribution in [2.24, 2.45) is 0 Å². The minimum absolute atomic E-state index is 0.201. The lowest BCUT2D eigenvalue weighted by Gasteiger charge is -2.42. The average Bonchev–Trinajstić information content (AvgIpc) is 3.51. The summed E-state index contributed by atoms with van der Waals surface area (Å²) in [5, 5.41) is 2.50. The summed E-state index contributed by atoms with van der Waals surface area (Å²) in [4.78, 5) is 2.49. The fourth-order valence-electron chi connectivity index (χ4n) is 7.68. The van der Waals surface area contributed by atoms with Gasteiger partial charge in [-0.25, -0.2) is 0 Å². The van der Waals surface area contributed by atoms with Crippen LogP contribution in [0.3, 0.4) is 0 Å². The number of para-hydroxylation sites is 3. The van der Waals surface area contributed by atoms with Crippen molar-refractivity contribution in [3.63, 3.8) is 0 Å². The molecule has 0 fully saturated rings. The van der Waals surface area contributed by atoms with Crippen LogP contribution in [0.5, 0.6) is 0 Å². The number of benzene rings is 7. The minimum atomic E-state index is -0.201. The van der Waals surface area contributed by atoms with E-state index in [4.69, 9.17) is 0 Å². The molecule has 0 saturated heterocycles. The Hall–Kier alpha value is -6.12. The van der Waals surface area contributed by atoms with E-state index < -0.39 is 0 Å². The van der Waals surface area contributed by atoms with Gasteiger partial charge in [-0.2, -0.15) is 0 Å². The predicted octanol–water partition coefficient (Wildman–Crippen LogP) is 13.4. The van der Waals surface area contributed by atoms with Crippen molar-refractivity contribution in [3.05, 3.63) is 194 Å². The maximum absolute atomic E-state index is 3.36. The summed E-state index contributed by atoms with van der Waals surface area (Å²) in [6, 6.07) is 61.9. The standard InChI is InChI=1S/C45H34N2.C3H6/c1-45(2)39-23-13-15-25-42(39)46(35-20-10-5-11-21-35)44-40(45)27-26-38-37-22-12-14-24-41(37)47(43(38)44)36-29-33(31-16-6-3-7-17-31)28-34(30-36)32-18-8-4-9-19-32;1-3-2/h3-30H,1-2H3;3H,1H2,2H3. The first-order chi connectivity index (χ1) is 24.5. The van der Waals surface area contributed by atoms with Gasteiger partial charge in [0.05, 0.1) is 22.4 Å². The van der Waals surface area contributed by atoms with Crippen LogP contribution in [-0.4, -0.2) is 4.57 Å². The van der Waals surface area contributed by atoms with Gasteiger partial charge in [0, 0.05) is 27.6 Å². The zero-order chi connectivity index (χ0) is 34.2. The van der Waals surface area contributed by atoms with Gasteiger partial charge in [-0.15, -0.1) is 6.58 Å². The molecule has 0 atom stereocenters. The second-order valence-corrected chi connectivity index (χ2v) is 13.4. The second-order valence-electron chi connectivity index (χ2n) is 13.4. The molecule has 0 N–H and O–H groups in total. The van der Waals surface area contributed by atoms with Crippen LogP contribution >= 0.6 is 0 Å². The molecule has 0 radical (unpaired) electrons. The lowest BCUT2D eigenvalue weighted by Crippen LogP contribution is -2.31. The number of aromatic nitrogens is 1. The molecule has 9 rings (SSSR count). The van der Waals surface area contributed by atoms with Gasteiger partial charge < -0.3 is 9.47 Å². The van der Waals surface area contributed by atoms with Crippen LogP contribution in [0, 0.1) is 0 Å². The maximum Gasteiger partial charge on any atom is 0.0785 e. The molecule has 0 amide bonds. The lowest BCUT2D eigenvalue weighted by molar-refractivity contribution is 0.633. The molecule has 7 aromatic carbocycles. The predicted molar refractivity (Wildman–Crippen MR) is 214 cm³/mol. The highest BCUT2D eigenvalue weighted by atomic mass is 15.2. The van der Waals surface area contributed by atoms with Crippen LogP contribution in [0.1, 0.15) is 31.9 Å². The van der Waals surface area contributed by atoms with E-state index in [2.05, 4.69) is 200 Å². The highest BCUT2D eigenvalue weighted by Gasteiger charge is 2.39. The van der Waals surface area contributed by atoms with Crippen molar-refractivity contribution < 1.29 is 0 Å². The zero-order valence-corrected chi connectivity index (χ0v) is 28.8. The quantitative estimate of drug-likeness (QED) is 0.173. The highest BCUT2D eigenvalue weighted by Crippen LogP contribution is 2.55. The molecular weight excluding hydrogens is 605 g/mol. The molecule has 1 aliphatic heterocycles. The van der Waals surface area contributed by atoms with E-state index in [0.717, 1.165) is 11.4 Å². The Balaban J connectivity index is 0.00000116. The largest absolute Gasteiger partial charge is 0.308 e. The second kappa shape index (κ2) is 12.7. The molecular formula is C48H40N2. The lowest BCUT2D eigenvalue weighted by atomic mass is 9.73. The average molecular weight is 645 g/mol. The Bertz CT molecular complexity index is 2410. The van der Waals surface area contributed by atoms with Gasteiger partial charge >= 0.3 is 0 Å². The Morgan fingerprint density at radius 1 is 0.500 bits per heavy atom. The van der Waals surface area contributed by atoms with Crippen molar-refractivity contribution in [1.29, 1.82) is 0 Å². The maximum atomic E-state index is 3.36. The van der Waals surface area contributed by atoms with Crippen LogP contribution < -0.4 is 4.90 Å². The fourth-order valence-corrected chi connectivity index (χ4v) is 7.68. The molecule has 0 unspecified atom stereocenters. The molecule has 0 spiro atoms. The van der Waals surface area contributed by atoms with Crippen molar-refractivity contribution in [2.45, 2.75) is 26.2 Å². The van der Waals surface area contributed by atoms with E-state index in [1.807, 2.05) is 6.92 Å². The van der Waals surface area contributed by atoms with Crippen LogP contribution in [0.2, 0.25) is 0 Å². The first-order valence-corrected chi connectivity index (χ1v) is 17.4. The summed E-state index contributed by atoms with van der Waals surface area (Å²) >= 11 is 0. The monoisotopic (exact) mass is 644 g/mol. The van der Waals surface area contributed by atoms with Crippen molar-refractivity contribution in [3.8, 4) is 27.9 Å². The van der Waals surface area contributed by atoms with E-state index in [-0.39, 0.29) is 5.41 Å². The molecule has 8 aromatic rings. The first kappa shape index (κ1) is 31.2. The summed E-state index contributed by atoms with van der Waals surface area (Å²) in [7, 11) is 0. The third-order valence-electron chi connectivity index (χ3n) is 9.93. The Morgan fingerprint density at radius 2 is 1.04 bits per heavy atom. The third-order valence-corrected chi connectivity index (χ3v) is 9.93. The van der Waals surface area contributed by atoms with Crippen molar-refractivity contribution >= 4 is 38.9 Å². The summed E-state index contributed by atoms with van der Waals surface area (Å²) < 4.78 is 2.52. The van der Waals surface area contributed by atoms with Gasteiger partial charge in [-0.05, 0) is 82.8 Å². The zero-order valence-electron chi connectivity index (χ0n) is 28.8. The smallest absolute Gasteiger partial charge is 0.0785 e. The molecule has 0 bridgehead atoms. The first-order valence-electron chi connectivity index (χ1n) is 17.4. The SMILES string of the molecule is C=CC.CC1(C)c2ccccc2N(c2ccccc2)c2c1ccc1c3ccccc3n(-c3cc(-c4ccccc4)cc(-c4ccccc4)c3)c21. The molecule has 50 heavy (non-hydrogen) atoms. The van der Waals surface area contributed by atoms with Gasteiger partial charge in [-0.1, -0.05) is 147 Å². The molecule has 0 aliphatic carbocycles. The number of anilines is 3. The van der Waals surface area contributed by atoms with E-state index in [1.54, 1.807) is 6.08 Å². The van der Waals surface area contributed by atoms with E-state index in [0.29, 0.717) is 0 Å². The summed E-state index contributed by atoms with van der Waals surface area (Å²) in [5.41, 5.74) is 14.4. The van der Waals surface area contributed by atoms with E-state index >= 15 is 0 Å². The molecule has 1 aliphatic rings. The molecule has 2 heterocycles. The summed E-state index contributed by atoms with van der Waals surface area (Å²) in [6.45, 7) is 9.99. The number of allylic oxidation sites excluding steroid dienone is 1. The van der Waals surface area contributed by atoms with Crippen LogP contribution in [0.25, 0.3) is 49.7 Å². The van der Waals surface area contributed by atoms with Gasteiger partial charge in [0.15, 0.2) is 0 Å². The van der Waals surface area contributed by atoms with Gasteiger partial charge in [-0.3, -0.25) is 0 Å². The topological polar surface area (TPSA) is 8.17 Å². The minimum Gasteiger partial charge on any atom is -0.308 e. The van der Waals surface area contributed by atoms with Gasteiger partial charge in [0.2, 0.25) is 0 Å². The summed E-state index contributed by atoms with van der Waals surface area (Å²) in [6.07, 6.45) is 1.75. The number of hydrogen-bond acceptors (Lipinski definition) is 1. The van der Waals surface area contributed by atoms with Crippen molar-refractivity contribution in [2.75, 3.05) is 4.90 Å². The van der Waals surface area contributed by atoms with Crippen LogP contribution in [0.15, 0.2) is 183 Å². The van der Waals surface area contributed by atoms with Gasteiger partial charge in [0.1, 0.15) is 0 Å². The molecule has 2 heteroatoms. The molecule has 1 aromatic heterocycles. The number of hydrogen-bond donors (Lipinski definition) is 0. The number of rotatable bonds is 4. The van der Waals surface area contributed by atoms with E-state index in [9.17, 15) is 0 Å². The molecule has 242 valence electrons. The van der Waals surface area contributed by atoms with Crippen LogP contribution in [-0.2, 0) is 5.41 Å². The van der Waals surface area contributed by atoms with Crippen LogP contribution in [0.4, 0.5) is 17.1 Å². The van der Waals surface area contributed by atoms with Crippen molar-refractivity contribution in [1.82, 2.24) is 4.57 Å². The normalized spacial score (nSPS) is 12.9. The molecule has 2 nitrogen and oxygen atoms in total. The Kier molecular flexibility index (Phi) is 7.93.